The molecule has 10 heteroatoms. The second kappa shape index (κ2) is 7.41. The Hall–Kier alpha value is -2.23. The van der Waals surface area contributed by atoms with E-state index in [0.29, 0.717) is 27.5 Å². The topological polar surface area (TPSA) is 86.6 Å². The van der Waals surface area contributed by atoms with E-state index in [1.54, 1.807) is 10.6 Å². The quantitative estimate of drug-likeness (QED) is 0.648. The number of sulfonamides is 1. The second-order valence-corrected chi connectivity index (χ2v) is 8.62. The van der Waals surface area contributed by atoms with Crippen molar-refractivity contribution >= 4 is 48.9 Å². The molecule has 0 saturated carbocycles. The number of nitrogens with zero attached hydrogens (tertiary/aromatic N) is 1. The highest BCUT2D eigenvalue weighted by molar-refractivity contribution is 7.92. The normalized spacial score (nSPS) is 11.6. The average molecular weight is 429 g/mol. The lowest BCUT2D eigenvalue weighted by molar-refractivity contribution is 0.405. The van der Waals surface area contributed by atoms with Gasteiger partial charge in [0.1, 0.15) is 11.5 Å². The van der Waals surface area contributed by atoms with Crippen LogP contribution in [-0.4, -0.2) is 27.2 Å². The van der Waals surface area contributed by atoms with Gasteiger partial charge in [0, 0.05) is 18.7 Å². The second-order valence-electron chi connectivity index (χ2n) is 5.53. The number of thiazole rings is 1. The highest BCUT2D eigenvalue weighted by atomic mass is 35.5. The van der Waals surface area contributed by atoms with Crippen LogP contribution in [0.15, 0.2) is 40.0 Å². The molecule has 0 spiro atoms. The number of benzene rings is 2. The average Bonchev–Trinajstić information content (AvgIpc) is 2.96. The summed E-state index contributed by atoms with van der Waals surface area (Å²) in [4.78, 5) is 11.9. The van der Waals surface area contributed by atoms with Crippen molar-refractivity contribution in [3.63, 3.8) is 0 Å². The molecule has 0 unspecified atom stereocenters. The zero-order chi connectivity index (χ0) is 19.8. The van der Waals surface area contributed by atoms with Crippen LogP contribution >= 0.6 is 22.9 Å². The monoisotopic (exact) mass is 428 g/mol. The van der Waals surface area contributed by atoms with Gasteiger partial charge in [-0.1, -0.05) is 22.9 Å². The van der Waals surface area contributed by atoms with E-state index in [0.717, 1.165) is 11.3 Å². The number of rotatable bonds is 6. The number of ether oxygens (including phenoxy) is 2. The Labute approximate surface area is 165 Å². The predicted molar refractivity (Wildman–Crippen MR) is 107 cm³/mol. The van der Waals surface area contributed by atoms with E-state index in [1.807, 2.05) is 6.92 Å². The van der Waals surface area contributed by atoms with Gasteiger partial charge in [-0.2, -0.15) is 0 Å². The third-order valence-electron chi connectivity index (χ3n) is 3.98. The maximum Gasteiger partial charge on any atom is 0.308 e. The van der Waals surface area contributed by atoms with E-state index in [2.05, 4.69) is 4.72 Å². The van der Waals surface area contributed by atoms with Gasteiger partial charge in [0.15, 0.2) is 0 Å². The molecule has 0 aliphatic heterocycles. The molecule has 0 bridgehead atoms. The van der Waals surface area contributed by atoms with Crippen molar-refractivity contribution in [1.82, 2.24) is 4.57 Å². The summed E-state index contributed by atoms with van der Waals surface area (Å²) in [6.45, 7) is 2.38. The molecule has 1 N–H and O–H groups in total. The van der Waals surface area contributed by atoms with E-state index in [1.165, 1.54) is 38.5 Å². The van der Waals surface area contributed by atoms with Gasteiger partial charge in [0.2, 0.25) is 0 Å². The fourth-order valence-corrected chi connectivity index (χ4v) is 5.04. The summed E-state index contributed by atoms with van der Waals surface area (Å²) >= 11 is 7.06. The molecule has 3 rings (SSSR count). The van der Waals surface area contributed by atoms with Crippen LogP contribution in [0.3, 0.4) is 0 Å². The highest BCUT2D eigenvalue weighted by Crippen LogP contribution is 2.37. The van der Waals surface area contributed by atoms with Gasteiger partial charge in [-0.15, -0.1) is 0 Å². The maximum atomic E-state index is 12.8. The fourth-order valence-electron chi connectivity index (χ4n) is 2.66. The van der Waals surface area contributed by atoms with Gasteiger partial charge < -0.3 is 9.47 Å². The van der Waals surface area contributed by atoms with Crippen molar-refractivity contribution in [1.29, 1.82) is 0 Å². The van der Waals surface area contributed by atoms with Crippen LogP contribution in [0, 0.1) is 0 Å². The summed E-state index contributed by atoms with van der Waals surface area (Å²) in [7, 11) is -1.08. The van der Waals surface area contributed by atoms with Gasteiger partial charge in [0.05, 0.1) is 40.0 Å². The van der Waals surface area contributed by atoms with Crippen LogP contribution in [0.1, 0.15) is 6.92 Å². The molecule has 0 aliphatic rings. The Kier molecular flexibility index (Phi) is 5.36. The third-order valence-corrected chi connectivity index (χ3v) is 6.58. The summed E-state index contributed by atoms with van der Waals surface area (Å²) in [6, 6.07) is 7.49. The van der Waals surface area contributed by atoms with Crippen LogP contribution in [0.25, 0.3) is 10.2 Å². The van der Waals surface area contributed by atoms with Gasteiger partial charge in [-0.3, -0.25) is 14.1 Å². The van der Waals surface area contributed by atoms with Crippen LogP contribution < -0.4 is 19.1 Å². The van der Waals surface area contributed by atoms with Crippen LogP contribution in [0.4, 0.5) is 5.69 Å². The molecule has 0 atom stereocenters. The summed E-state index contributed by atoms with van der Waals surface area (Å²) in [5.41, 5.74) is 0.898. The lowest BCUT2D eigenvalue weighted by atomic mass is 10.3. The largest absolute Gasteiger partial charge is 0.495 e. The first-order chi connectivity index (χ1) is 12.8. The molecule has 0 radical (unpaired) electrons. The lowest BCUT2D eigenvalue weighted by Crippen LogP contribution is -2.14. The Morgan fingerprint density at radius 1 is 1.15 bits per heavy atom. The first-order valence-corrected chi connectivity index (χ1v) is 10.6. The minimum atomic E-state index is -3.92. The highest BCUT2D eigenvalue weighted by Gasteiger charge is 2.20. The van der Waals surface area contributed by atoms with E-state index in [9.17, 15) is 13.2 Å². The maximum absolute atomic E-state index is 12.8. The predicted octanol–water partition coefficient (Wildman–Crippen LogP) is 3.55. The van der Waals surface area contributed by atoms with Gasteiger partial charge in [-0.25, -0.2) is 8.42 Å². The Morgan fingerprint density at radius 3 is 2.48 bits per heavy atom. The molecule has 0 aliphatic carbocycles. The number of nitrogens with one attached hydrogen (secondary N) is 1. The van der Waals surface area contributed by atoms with Crippen molar-refractivity contribution in [2.24, 2.45) is 0 Å². The Bertz CT molecular complexity index is 1170. The van der Waals surface area contributed by atoms with Crippen molar-refractivity contribution in [2.45, 2.75) is 18.4 Å². The van der Waals surface area contributed by atoms with E-state index < -0.39 is 10.0 Å². The van der Waals surface area contributed by atoms with Crippen LogP contribution in [0.5, 0.6) is 11.5 Å². The number of anilines is 1. The molecule has 1 aromatic heterocycles. The molecule has 2 aromatic carbocycles. The van der Waals surface area contributed by atoms with Gasteiger partial charge in [-0.05, 0) is 25.1 Å². The van der Waals surface area contributed by atoms with E-state index >= 15 is 0 Å². The fraction of sp³-hybridized carbons (Fsp3) is 0.235. The Balaban J connectivity index is 2.05. The van der Waals surface area contributed by atoms with Gasteiger partial charge >= 0.3 is 4.87 Å². The molecular weight excluding hydrogens is 412 g/mol. The molecule has 7 nitrogen and oxygen atoms in total. The minimum Gasteiger partial charge on any atom is -0.495 e. The molecule has 1 heterocycles. The lowest BCUT2D eigenvalue weighted by Gasteiger charge is -2.14. The van der Waals surface area contributed by atoms with Crippen LogP contribution in [0.2, 0.25) is 5.02 Å². The van der Waals surface area contributed by atoms with Crippen molar-refractivity contribution in [2.75, 3.05) is 18.9 Å². The summed E-state index contributed by atoms with van der Waals surface area (Å²) < 4.78 is 40.7. The number of hydrogen-bond donors (Lipinski definition) is 1. The zero-order valence-corrected chi connectivity index (χ0v) is 17.2. The summed E-state index contributed by atoms with van der Waals surface area (Å²) in [5.74, 6) is 0.566. The molecule has 144 valence electrons. The van der Waals surface area contributed by atoms with Crippen molar-refractivity contribution < 1.29 is 17.9 Å². The first-order valence-electron chi connectivity index (χ1n) is 7.88. The van der Waals surface area contributed by atoms with E-state index in [4.69, 9.17) is 21.1 Å². The summed E-state index contributed by atoms with van der Waals surface area (Å²) in [6.07, 6.45) is 0. The molecule has 0 fully saturated rings. The summed E-state index contributed by atoms with van der Waals surface area (Å²) in [5, 5.41) is 0.296. The number of aromatic nitrogens is 1. The number of fused-ring (bicyclic) bond motifs is 1. The smallest absolute Gasteiger partial charge is 0.308 e. The number of halogens is 1. The zero-order valence-electron chi connectivity index (χ0n) is 14.8. The van der Waals surface area contributed by atoms with Gasteiger partial charge in [0.25, 0.3) is 10.0 Å². The third kappa shape index (κ3) is 3.62. The van der Waals surface area contributed by atoms with E-state index in [-0.39, 0.29) is 21.2 Å². The number of aryl methyl sites for hydroxylation is 1. The SMILES string of the molecule is CCn1c(=O)sc2cc(S(=O)(=O)Nc3cc(OC)c(Cl)cc3OC)ccc21. The number of methoxy groups -OCH3 is 2. The standard InChI is InChI=1S/C17H17ClN2O5S2/c1-4-20-13-6-5-10(7-16(13)26-17(20)21)27(22,23)19-12-9-14(24-2)11(18)8-15(12)25-3/h5-9,19H,4H2,1-3H3. The molecule has 0 saturated heterocycles. The molecule has 27 heavy (non-hydrogen) atoms. The Morgan fingerprint density at radius 2 is 1.85 bits per heavy atom. The molecule has 0 amide bonds. The van der Waals surface area contributed by atoms with Crippen molar-refractivity contribution in [3.05, 3.63) is 45.0 Å². The first kappa shape index (κ1) is 19.5. The minimum absolute atomic E-state index is 0.0375. The van der Waals surface area contributed by atoms with Crippen molar-refractivity contribution in [3.8, 4) is 11.5 Å². The van der Waals surface area contributed by atoms with Crippen LogP contribution in [-0.2, 0) is 16.6 Å². The number of hydrogen-bond acceptors (Lipinski definition) is 6. The molecule has 3 aromatic rings. The molecular formula is C17H17ClN2O5S2.